The molecule has 0 aliphatic carbocycles. The van der Waals surface area contributed by atoms with Gasteiger partial charge in [0.1, 0.15) is 0 Å². The first-order chi connectivity index (χ1) is 9.77. The summed E-state index contributed by atoms with van der Waals surface area (Å²) in [4.78, 5) is 11.6. The van der Waals surface area contributed by atoms with Gasteiger partial charge in [0.25, 0.3) is 0 Å². The number of hydrogen-bond acceptors (Lipinski definition) is 4. The number of sulfonamides is 1. The summed E-state index contributed by atoms with van der Waals surface area (Å²) >= 11 is 0. The summed E-state index contributed by atoms with van der Waals surface area (Å²) in [5.41, 5.74) is 0.0450. The van der Waals surface area contributed by atoms with E-state index in [-0.39, 0.29) is 16.5 Å². The molecule has 1 atom stereocenters. The Bertz CT molecular complexity index is 581. The molecule has 118 valence electrons. The lowest BCUT2D eigenvalue weighted by Gasteiger charge is -2.16. The van der Waals surface area contributed by atoms with Crippen molar-refractivity contribution in [3.05, 3.63) is 29.8 Å². The van der Waals surface area contributed by atoms with Gasteiger partial charge < -0.3 is 4.74 Å². The van der Waals surface area contributed by atoms with Crippen LogP contribution < -0.4 is 4.72 Å². The van der Waals surface area contributed by atoms with Crippen molar-refractivity contribution < 1.29 is 17.9 Å². The SMILES string of the molecule is COC(=O)c1ccccc1S(=O)(=O)NC(C)CCC(C)C. The van der Waals surface area contributed by atoms with Crippen LogP contribution in [0.4, 0.5) is 0 Å². The Morgan fingerprint density at radius 3 is 2.38 bits per heavy atom. The van der Waals surface area contributed by atoms with Crippen LogP contribution in [0.3, 0.4) is 0 Å². The predicted molar refractivity (Wildman–Crippen MR) is 81.6 cm³/mol. The minimum atomic E-state index is -3.74. The third kappa shape index (κ3) is 5.13. The highest BCUT2D eigenvalue weighted by atomic mass is 32.2. The number of esters is 1. The van der Waals surface area contributed by atoms with Gasteiger partial charge in [0.05, 0.1) is 17.6 Å². The van der Waals surface area contributed by atoms with Gasteiger partial charge in [0.15, 0.2) is 0 Å². The van der Waals surface area contributed by atoms with Crippen molar-refractivity contribution in [1.82, 2.24) is 4.72 Å². The molecule has 0 fully saturated rings. The smallest absolute Gasteiger partial charge is 0.339 e. The molecule has 0 saturated heterocycles. The summed E-state index contributed by atoms with van der Waals surface area (Å²) in [5, 5.41) is 0. The average Bonchev–Trinajstić information content (AvgIpc) is 2.44. The van der Waals surface area contributed by atoms with Crippen molar-refractivity contribution in [2.75, 3.05) is 7.11 Å². The second-order valence-corrected chi connectivity index (χ2v) is 7.16. The molecular formula is C15H23NO4S. The van der Waals surface area contributed by atoms with Gasteiger partial charge in [-0.15, -0.1) is 0 Å². The maximum atomic E-state index is 12.4. The van der Waals surface area contributed by atoms with Crippen LogP contribution in [0.5, 0.6) is 0 Å². The summed E-state index contributed by atoms with van der Waals surface area (Å²) in [7, 11) is -2.52. The van der Waals surface area contributed by atoms with Crippen LogP contribution in [0.15, 0.2) is 29.2 Å². The number of carbonyl (C=O) groups excluding carboxylic acids is 1. The van der Waals surface area contributed by atoms with Crippen LogP contribution in [0.2, 0.25) is 0 Å². The highest BCUT2D eigenvalue weighted by Crippen LogP contribution is 2.17. The first-order valence-corrected chi connectivity index (χ1v) is 8.46. The zero-order valence-electron chi connectivity index (χ0n) is 12.9. The van der Waals surface area contributed by atoms with E-state index >= 15 is 0 Å². The Morgan fingerprint density at radius 2 is 1.81 bits per heavy atom. The minimum Gasteiger partial charge on any atom is -0.465 e. The van der Waals surface area contributed by atoms with Crippen molar-refractivity contribution in [2.24, 2.45) is 5.92 Å². The molecule has 1 rings (SSSR count). The Kier molecular flexibility index (Phi) is 6.36. The van der Waals surface area contributed by atoms with E-state index in [9.17, 15) is 13.2 Å². The van der Waals surface area contributed by atoms with Crippen molar-refractivity contribution in [1.29, 1.82) is 0 Å². The van der Waals surface area contributed by atoms with E-state index in [0.29, 0.717) is 5.92 Å². The average molecular weight is 313 g/mol. The Hall–Kier alpha value is -1.40. The second kappa shape index (κ2) is 7.56. The molecule has 21 heavy (non-hydrogen) atoms. The topological polar surface area (TPSA) is 72.5 Å². The molecule has 0 aromatic heterocycles. The van der Waals surface area contributed by atoms with Crippen LogP contribution in [-0.2, 0) is 14.8 Å². The molecule has 1 aromatic rings. The molecule has 0 radical (unpaired) electrons. The van der Waals surface area contributed by atoms with E-state index < -0.39 is 16.0 Å². The second-order valence-electron chi connectivity index (χ2n) is 5.48. The quantitative estimate of drug-likeness (QED) is 0.785. The molecule has 0 heterocycles. The fraction of sp³-hybridized carbons (Fsp3) is 0.533. The molecule has 0 aliphatic rings. The third-order valence-electron chi connectivity index (χ3n) is 3.12. The highest BCUT2D eigenvalue weighted by Gasteiger charge is 2.24. The van der Waals surface area contributed by atoms with Crippen LogP contribution in [0.1, 0.15) is 44.0 Å². The Morgan fingerprint density at radius 1 is 1.19 bits per heavy atom. The van der Waals surface area contributed by atoms with Gasteiger partial charge in [0, 0.05) is 6.04 Å². The van der Waals surface area contributed by atoms with E-state index in [1.807, 2.05) is 6.92 Å². The fourth-order valence-corrected chi connectivity index (χ4v) is 3.42. The normalized spacial score (nSPS) is 13.2. The molecule has 5 nitrogen and oxygen atoms in total. The van der Waals surface area contributed by atoms with E-state index in [2.05, 4.69) is 23.3 Å². The Balaban J connectivity index is 2.96. The lowest BCUT2D eigenvalue weighted by Crippen LogP contribution is -2.33. The first-order valence-electron chi connectivity index (χ1n) is 6.97. The lowest BCUT2D eigenvalue weighted by atomic mass is 10.1. The molecule has 0 amide bonds. The number of rotatable bonds is 7. The van der Waals surface area contributed by atoms with E-state index in [4.69, 9.17) is 0 Å². The van der Waals surface area contributed by atoms with Crippen LogP contribution in [0.25, 0.3) is 0 Å². The monoisotopic (exact) mass is 313 g/mol. The van der Waals surface area contributed by atoms with Gasteiger partial charge >= 0.3 is 5.97 Å². The van der Waals surface area contributed by atoms with Gasteiger partial charge in [0.2, 0.25) is 10.0 Å². The minimum absolute atomic E-state index is 0.0450. The number of carbonyl (C=O) groups is 1. The third-order valence-corrected chi connectivity index (χ3v) is 4.76. The van der Waals surface area contributed by atoms with Gasteiger partial charge in [-0.05, 0) is 37.8 Å². The molecule has 0 bridgehead atoms. The number of nitrogens with one attached hydrogen (secondary N) is 1. The van der Waals surface area contributed by atoms with Gasteiger partial charge in [-0.1, -0.05) is 26.0 Å². The van der Waals surface area contributed by atoms with Crippen molar-refractivity contribution in [3.63, 3.8) is 0 Å². The molecule has 1 unspecified atom stereocenters. The standard InChI is InChI=1S/C15H23NO4S/c1-11(2)9-10-12(3)16-21(18,19)14-8-6-5-7-13(14)15(17)20-4/h5-8,11-12,16H,9-10H2,1-4H3. The molecule has 0 saturated carbocycles. The van der Waals surface area contributed by atoms with Crippen LogP contribution in [0, 0.1) is 5.92 Å². The van der Waals surface area contributed by atoms with Crippen LogP contribution in [-0.4, -0.2) is 27.5 Å². The summed E-state index contributed by atoms with van der Waals surface area (Å²) in [5.74, 6) is -0.148. The van der Waals surface area contributed by atoms with E-state index in [1.54, 1.807) is 12.1 Å². The molecule has 0 spiro atoms. The van der Waals surface area contributed by atoms with Crippen molar-refractivity contribution >= 4 is 16.0 Å². The largest absolute Gasteiger partial charge is 0.465 e. The van der Waals surface area contributed by atoms with E-state index in [1.165, 1.54) is 19.2 Å². The fourth-order valence-electron chi connectivity index (χ4n) is 1.95. The molecule has 1 N–H and O–H groups in total. The maximum absolute atomic E-state index is 12.4. The van der Waals surface area contributed by atoms with Crippen molar-refractivity contribution in [2.45, 2.75) is 44.6 Å². The summed E-state index contributed by atoms with van der Waals surface area (Å²) < 4.78 is 32.1. The zero-order chi connectivity index (χ0) is 16.0. The van der Waals surface area contributed by atoms with Crippen LogP contribution >= 0.6 is 0 Å². The molecule has 1 aromatic carbocycles. The highest BCUT2D eigenvalue weighted by molar-refractivity contribution is 7.89. The maximum Gasteiger partial charge on any atom is 0.339 e. The summed E-state index contributed by atoms with van der Waals surface area (Å²) in [6.45, 7) is 6.00. The van der Waals surface area contributed by atoms with E-state index in [0.717, 1.165) is 12.8 Å². The lowest BCUT2D eigenvalue weighted by molar-refractivity contribution is 0.0596. The molecule has 6 heteroatoms. The number of methoxy groups -OCH3 is 1. The number of ether oxygens (including phenoxy) is 1. The van der Waals surface area contributed by atoms with Gasteiger partial charge in [-0.3, -0.25) is 0 Å². The number of hydrogen-bond donors (Lipinski definition) is 1. The Labute approximate surface area is 126 Å². The molecule has 0 aliphatic heterocycles. The summed E-state index contributed by atoms with van der Waals surface area (Å²) in [6, 6.07) is 5.85. The first kappa shape index (κ1) is 17.7. The van der Waals surface area contributed by atoms with Gasteiger partial charge in [-0.25, -0.2) is 17.9 Å². The zero-order valence-corrected chi connectivity index (χ0v) is 13.7. The summed E-state index contributed by atoms with van der Waals surface area (Å²) in [6.07, 6.45) is 1.68. The predicted octanol–water partition coefficient (Wildman–Crippen LogP) is 2.58. The van der Waals surface area contributed by atoms with Gasteiger partial charge in [-0.2, -0.15) is 0 Å². The molecular weight excluding hydrogens is 290 g/mol. The van der Waals surface area contributed by atoms with Crippen molar-refractivity contribution in [3.8, 4) is 0 Å². The number of benzene rings is 1.